The molecule has 0 saturated heterocycles. The van der Waals surface area contributed by atoms with Crippen molar-refractivity contribution in [2.24, 2.45) is 0 Å². The normalized spacial score (nSPS) is 12.0. The van der Waals surface area contributed by atoms with Gasteiger partial charge in [0, 0.05) is 6.04 Å². The number of amides is 2. The second-order valence-electron chi connectivity index (χ2n) is 5.09. The summed E-state index contributed by atoms with van der Waals surface area (Å²) in [6, 6.07) is 3.81. The molecule has 1 aromatic carbocycles. The van der Waals surface area contributed by atoms with Crippen molar-refractivity contribution in [3.63, 3.8) is 0 Å². The van der Waals surface area contributed by atoms with E-state index in [1.165, 1.54) is 18.2 Å². The van der Waals surface area contributed by atoms with Crippen molar-refractivity contribution < 1.29 is 14.7 Å². The predicted molar refractivity (Wildman–Crippen MR) is 83.2 cm³/mol. The Morgan fingerprint density at radius 2 is 2.05 bits per heavy atom. The summed E-state index contributed by atoms with van der Waals surface area (Å²) in [4.78, 5) is 24.7. The smallest absolute Gasteiger partial charge is 0.335 e. The molecular formula is C14H20ClN3O3. The minimum absolute atomic E-state index is 0.0180. The quantitative estimate of drug-likeness (QED) is 0.753. The number of anilines is 1. The Morgan fingerprint density at radius 1 is 1.38 bits per heavy atom. The van der Waals surface area contributed by atoms with Gasteiger partial charge in [-0.3, -0.25) is 0 Å². The number of benzene rings is 1. The first-order chi connectivity index (χ1) is 9.79. The van der Waals surface area contributed by atoms with E-state index in [1.54, 1.807) is 0 Å². The maximum absolute atomic E-state index is 11.8. The summed E-state index contributed by atoms with van der Waals surface area (Å²) < 4.78 is 0. The van der Waals surface area contributed by atoms with Crippen LogP contribution in [0.25, 0.3) is 0 Å². The first-order valence-corrected chi connectivity index (χ1v) is 6.92. The highest BCUT2D eigenvalue weighted by atomic mass is 35.5. The highest BCUT2D eigenvalue weighted by molar-refractivity contribution is 6.34. The van der Waals surface area contributed by atoms with E-state index in [0.717, 1.165) is 13.0 Å². The van der Waals surface area contributed by atoms with E-state index < -0.39 is 5.97 Å². The van der Waals surface area contributed by atoms with Gasteiger partial charge in [-0.25, -0.2) is 9.59 Å². The van der Waals surface area contributed by atoms with Gasteiger partial charge in [-0.05, 0) is 52.2 Å². The largest absolute Gasteiger partial charge is 0.478 e. The molecule has 6 nitrogen and oxygen atoms in total. The Bertz CT molecular complexity index is 520. The van der Waals surface area contributed by atoms with Gasteiger partial charge in [0.15, 0.2) is 0 Å². The molecule has 0 radical (unpaired) electrons. The van der Waals surface area contributed by atoms with Crippen molar-refractivity contribution in [2.75, 3.05) is 26.0 Å². The van der Waals surface area contributed by atoms with Gasteiger partial charge >= 0.3 is 12.0 Å². The summed E-state index contributed by atoms with van der Waals surface area (Å²) in [7, 11) is 3.94. The molecule has 0 heterocycles. The number of hydrogen-bond donors (Lipinski definition) is 3. The average Bonchev–Trinajstić information content (AvgIpc) is 2.38. The van der Waals surface area contributed by atoms with Crippen molar-refractivity contribution in [2.45, 2.75) is 19.4 Å². The fourth-order valence-electron chi connectivity index (χ4n) is 1.66. The Morgan fingerprint density at radius 3 is 2.57 bits per heavy atom. The van der Waals surface area contributed by atoms with Crippen LogP contribution in [0.15, 0.2) is 18.2 Å². The predicted octanol–water partition coefficient (Wildman–Crippen LogP) is 2.50. The van der Waals surface area contributed by atoms with E-state index in [2.05, 4.69) is 10.6 Å². The standard InChI is InChI=1S/C14H20ClN3O3/c1-9(6-7-18(2)3)16-14(21)17-12-5-4-10(13(19)20)8-11(12)15/h4-5,8-9H,6-7H2,1-3H3,(H,19,20)(H2,16,17,21). The van der Waals surface area contributed by atoms with Gasteiger partial charge in [0.2, 0.25) is 0 Å². The zero-order chi connectivity index (χ0) is 16.0. The van der Waals surface area contributed by atoms with Crippen LogP contribution in [0.1, 0.15) is 23.7 Å². The van der Waals surface area contributed by atoms with Gasteiger partial charge < -0.3 is 20.6 Å². The number of rotatable bonds is 6. The van der Waals surface area contributed by atoms with Crippen LogP contribution in [0.5, 0.6) is 0 Å². The monoisotopic (exact) mass is 313 g/mol. The van der Waals surface area contributed by atoms with Gasteiger partial charge in [-0.15, -0.1) is 0 Å². The number of halogens is 1. The lowest BCUT2D eigenvalue weighted by molar-refractivity contribution is 0.0697. The van der Waals surface area contributed by atoms with E-state index in [9.17, 15) is 9.59 Å². The van der Waals surface area contributed by atoms with Crippen molar-refractivity contribution >= 4 is 29.3 Å². The first kappa shape index (κ1) is 17.3. The van der Waals surface area contributed by atoms with Crippen LogP contribution in [0.3, 0.4) is 0 Å². The third-order valence-corrected chi connectivity index (χ3v) is 3.16. The number of nitrogens with one attached hydrogen (secondary N) is 2. The van der Waals surface area contributed by atoms with E-state index in [1.807, 2.05) is 25.9 Å². The number of hydrogen-bond acceptors (Lipinski definition) is 3. The summed E-state index contributed by atoms with van der Waals surface area (Å²) in [6.45, 7) is 2.79. The number of carbonyl (C=O) groups excluding carboxylic acids is 1. The molecule has 0 aromatic heterocycles. The molecule has 1 atom stereocenters. The molecule has 21 heavy (non-hydrogen) atoms. The number of carbonyl (C=O) groups is 2. The van der Waals surface area contributed by atoms with E-state index in [4.69, 9.17) is 16.7 Å². The molecule has 0 spiro atoms. The van der Waals surface area contributed by atoms with Crippen LogP contribution in [0.4, 0.5) is 10.5 Å². The molecule has 1 unspecified atom stereocenters. The molecule has 0 aliphatic rings. The number of nitrogens with zero attached hydrogens (tertiary/aromatic N) is 1. The van der Waals surface area contributed by atoms with E-state index >= 15 is 0 Å². The number of carboxylic acid groups (broad SMARTS) is 1. The van der Waals surface area contributed by atoms with Gasteiger partial charge in [-0.2, -0.15) is 0 Å². The fourth-order valence-corrected chi connectivity index (χ4v) is 1.88. The molecule has 1 aromatic rings. The highest BCUT2D eigenvalue weighted by Crippen LogP contribution is 2.23. The minimum Gasteiger partial charge on any atom is -0.478 e. The topological polar surface area (TPSA) is 81.7 Å². The molecule has 0 fully saturated rings. The Labute approximate surface area is 129 Å². The summed E-state index contributed by atoms with van der Waals surface area (Å²) in [5.41, 5.74) is 0.448. The molecule has 7 heteroatoms. The zero-order valence-corrected chi connectivity index (χ0v) is 13.1. The Hall–Kier alpha value is -1.79. The van der Waals surface area contributed by atoms with Crippen molar-refractivity contribution in [1.29, 1.82) is 0 Å². The molecular weight excluding hydrogens is 294 g/mol. The summed E-state index contributed by atoms with van der Waals surface area (Å²) in [5.74, 6) is -1.06. The average molecular weight is 314 g/mol. The lowest BCUT2D eigenvalue weighted by Crippen LogP contribution is -2.37. The molecule has 0 aliphatic carbocycles. The van der Waals surface area contributed by atoms with Crippen LogP contribution in [0.2, 0.25) is 5.02 Å². The summed E-state index contributed by atoms with van der Waals surface area (Å²) >= 11 is 5.94. The van der Waals surface area contributed by atoms with Crippen molar-refractivity contribution in [3.05, 3.63) is 28.8 Å². The molecule has 3 N–H and O–H groups in total. The number of aromatic carboxylic acids is 1. The Kier molecular flexibility index (Phi) is 6.45. The van der Waals surface area contributed by atoms with Gasteiger partial charge in [0.05, 0.1) is 16.3 Å². The molecule has 1 rings (SSSR count). The Balaban J connectivity index is 2.57. The number of urea groups is 1. The van der Waals surface area contributed by atoms with Crippen molar-refractivity contribution in [3.8, 4) is 0 Å². The SMILES string of the molecule is CC(CCN(C)C)NC(=O)Nc1ccc(C(=O)O)cc1Cl. The van der Waals surface area contributed by atoms with Crippen LogP contribution < -0.4 is 10.6 Å². The highest BCUT2D eigenvalue weighted by Gasteiger charge is 2.11. The third-order valence-electron chi connectivity index (χ3n) is 2.85. The van der Waals surface area contributed by atoms with Gasteiger partial charge in [0.1, 0.15) is 0 Å². The third kappa shape index (κ3) is 6.01. The van der Waals surface area contributed by atoms with Crippen LogP contribution >= 0.6 is 11.6 Å². The minimum atomic E-state index is -1.06. The molecule has 2 amide bonds. The lowest BCUT2D eigenvalue weighted by Gasteiger charge is -2.17. The van der Waals surface area contributed by atoms with Gasteiger partial charge in [-0.1, -0.05) is 11.6 Å². The lowest BCUT2D eigenvalue weighted by atomic mass is 10.2. The van der Waals surface area contributed by atoms with Crippen molar-refractivity contribution in [1.82, 2.24) is 10.2 Å². The van der Waals surface area contributed by atoms with Gasteiger partial charge in [0.25, 0.3) is 0 Å². The van der Waals surface area contributed by atoms with E-state index in [-0.39, 0.29) is 22.7 Å². The molecule has 116 valence electrons. The second-order valence-corrected chi connectivity index (χ2v) is 5.50. The first-order valence-electron chi connectivity index (χ1n) is 6.54. The summed E-state index contributed by atoms with van der Waals surface area (Å²) in [5, 5.41) is 14.4. The second kappa shape index (κ2) is 7.85. The maximum atomic E-state index is 11.8. The zero-order valence-electron chi connectivity index (χ0n) is 12.3. The maximum Gasteiger partial charge on any atom is 0.335 e. The van der Waals surface area contributed by atoms with Crippen LogP contribution in [-0.2, 0) is 0 Å². The van der Waals surface area contributed by atoms with Crippen LogP contribution in [-0.4, -0.2) is 48.7 Å². The van der Waals surface area contributed by atoms with Crippen LogP contribution in [0, 0.1) is 0 Å². The summed E-state index contributed by atoms with van der Waals surface area (Å²) in [6.07, 6.45) is 0.826. The number of carboxylic acids is 1. The molecule has 0 bridgehead atoms. The fraction of sp³-hybridized carbons (Fsp3) is 0.429. The molecule has 0 aliphatic heterocycles. The molecule has 0 saturated carbocycles. The van der Waals surface area contributed by atoms with E-state index in [0.29, 0.717) is 5.69 Å².